The van der Waals surface area contributed by atoms with Crippen LogP contribution < -0.4 is 0 Å². The highest BCUT2D eigenvalue weighted by atomic mass is 15.2. The van der Waals surface area contributed by atoms with Gasteiger partial charge in [-0.1, -0.05) is 42.5 Å². The van der Waals surface area contributed by atoms with Crippen molar-refractivity contribution in [3.8, 4) is 0 Å². The molecule has 0 atom stereocenters. The van der Waals surface area contributed by atoms with E-state index in [1.807, 2.05) is 47.9 Å². The Balaban J connectivity index is 2.03. The molecule has 0 bridgehead atoms. The first-order valence-corrected chi connectivity index (χ1v) is 5.88. The van der Waals surface area contributed by atoms with Crippen molar-refractivity contribution in [3.05, 3.63) is 65.6 Å². The lowest BCUT2D eigenvalue weighted by Gasteiger charge is -1.98. The number of benzene rings is 1. The maximum Gasteiger partial charge on any atom is 0.168 e. The maximum atomic E-state index is 4.19. The zero-order chi connectivity index (χ0) is 12.4. The molecule has 18 heavy (non-hydrogen) atoms. The molecule has 1 aromatic carbocycles. The van der Waals surface area contributed by atoms with Gasteiger partial charge in [0.05, 0.1) is 0 Å². The second kappa shape index (κ2) is 4.45. The standard InChI is InChI=1S/C15H13N3/c1-12-16-17-15-14(8-5-11-18(12)15)10-9-13-6-3-2-4-7-13/h2-11H,1H3. The average molecular weight is 235 g/mol. The second-order valence-corrected chi connectivity index (χ2v) is 4.15. The maximum absolute atomic E-state index is 4.19. The SMILES string of the molecule is Cc1nnc2c(C=Cc3ccccc3)cccn12. The quantitative estimate of drug-likeness (QED) is 0.682. The smallest absolute Gasteiger partial charge is 0.168 e. The van der Waals surface area contributed by atoms with Crippen LogP contribution in [-0.4, -0.2) is 14.6 Å². The van der Waals surface area contributed by atoms with Crippen molar-refractivity contribution in [2.45, 2.75) is 6.92 Å². The van der Waals surface area contributed by atoms with Crippen molar-refractivity contribution >= 4 is 17.8 Å². The van der Waals surface area contributed by atoms with Crippen molar-refractivity contribution in [2.24, 2.45) is 0 Å². The van der Waals surface area contributed by atoms with Crippen LogP contribution in [0.5, 0.6) is 0 Å². The zero-order valence-corrected chi connectivity index (χ0v) is 10.1. The van der Waals surface area contributed by atoms with Crippen molar-refractivity contribution in [3.63, 3.8) is 0 Å². The first-order valence-electron chi connectivity index (χ1n) is 5.88. The minimum Gasteiger partial charge on any atom is -0.286 e. The number of fused-ring (bicyclic) bond motifs is 1. The van der Waals surface area contributed by atoms with Crippen LogP contribution >= 0.6 is 0 Å². The van der Waals surface area contributed by atoms with Crippen LogP contribution in [0.1, 0.15) is 17.0 Å². The Bertz CT molecular complexity index is 696. The van der Waals surface area contributed by atoms with Gasteiger partial charge < -0.3 is 0 Å². The van der Waals surface area contributed by atoms with E-state index in [1.165, 1.54) is 5.56 Å². The number of nitrogens with zero attached hydrogens (tertiary/aromatic N) is 3. The third-order valence-electron chi connectivity index (χ3n) is 2.89. The summed E-state index contributed by atoms with van der Waals surface area (Å²) in [6.45, 7) is 1.95. The molecule has 2 heterocycles. The van der Waals surface area contributed by atoms with Gasteiger partial charge in [0.25, 0.3) is 0 Å². The Morgan fingerprint density at radius 2 is 1.78 bits per heavy atom. The van der Waals surface area contributed by atoms with Crippen molar-refractivity contribution in [1.82, 2.24) is 14.6 Å². The summed E-state index contributed by atoms with van der Waals surface area (Å²) in [5.41, 5.74) is 3.14. The Morgan fingerprint density at radius 1 is 0.944 bits per heavy atom. The largest absolute Gasteiger partial charge is 0.286 e. The van der Waals surface area contributed by atoms with E-state index in [1.54, 1.807) is 0 Å². The van der Waals surface area contributed by atoms with Crippen LogP contribution in [0.2, 0.25) is 0 Å². The lowest BCUT2D eigenvalue weighted by Crippen LogP contribution is -1.88. The molecular formula is C15H13N3. The molecule has 0 aliphatic carbocycles. The lowest BCUT2D eigenvalue weighted by atomic mass is 10.1. The topological polar surface area (TPSA) is 30.2 Å². The van der Waals surface area contributed by atoms with Gasteiger partial charge in [0.15, 0.2) is 5.65 Å². The Morgan fingerprint density at radius 3 is 2.61 bits per heavy atom. The van der Waals surface area contributed by atoms with Gasteiger partial charge in [-0.2, -0.15) is 0 Å². The molecule has 0 aliphatic rings. The van der Waals surface area contributed by atoms with Gasteiger partial charge in [0.2, 0.25) is 0 Å². The first kappa shape index (κ1) is 10.7. The molecular weight excluding hydrogens is 222 g/mol. The number of aryl methyl sites for hydroxylation is 1. The van der Waals surface area contributed by atoms with E-state index in [4.69, 9.17) is 0 Å². The molecule has 0 radical (unpaired) electrons. The molecule has 0 amide bonds. The predicted molar refractivity (Wildman–Crippen MR) is 73.1 cm³/mol. The molecule has 3 heteroatoms. The molecule has 2 aromatic heterocycles. The summed E-state index contributed by atoms with van der Waals surface area (Å²) < 4.78 is 1.99. The summed E-state index contributed by atoms with van der Waals surface area (Å²) in [5, 5.41) is 8.28. The number of pyridine rings is 1. The fourth-order valence-corrected chi connectivity index (χ4v) is 1.93. The van der Waals surface area contributed by atoms with Gasteiger partial charge in [-0.25, -0.2) is 0 Å². The fraction of sp³-hybridized carbons (Fsp3) is 0.0667. The van der Waals surface area contributed by atoms with Crippen LogP contribution in [0.15, 0.2) is 48.7 Å². The highest BCUT2D eigenvalue weighted by molar-refractivity contribution is 5.76. The fourth-order valence-electron chi connectivity index (χ4n) is 1.93. The molecule has 88 valence electrons. The van der Waals surface area contributed by atoms with E-state index in [0.29, 0.717) is 0 Å². The van der Waals surface area contributed by atoms with Gasteiger partial charge >= 0.3 is 0 Å². The summed E-state index contributed by atoms with van der Waals surface area (Å²) in [5.74, 6) is 0.903. The molecule has 3 rings (SSSR count). The van der Waals surface area contributed by atoms with Gasteiger partial charge in [-0.3, -0.25) is 4.40 Å². The summed E-state index contributed by atoms with van der Waals surface area (Å²) in [7, 11) is 0. The summed E-state index contributed by atoms with van der Waals surface area (Å²) in [4.78, 5) is 0. The Labute approximate surface area is 105 Å². The molecule has 0 saturated carbocycles. The predicted octanol–water partition coefficient (Wildman–Crippen LogP) is 3.21. The van der Waals surface area contributed by atoms with Crippen LogP contribution in [0.3, 0.4) is 0 Å². The third kappa shape index (κ3) is 1.91. The summed E-state index contributed by atoms with van der Waals surface area (Å²) in [6.07, 6.45) is 6.13. The number of aromatic nitrogens is 3. The molecule has 0 N–H and O–H groups in total. The molecule has 3 nitrogen and oxygen atoms in total. The molecule has 0 spiro atoms. The monoisotopic (exact) mass is 235 g/mol. The van der Waals surface area contributed by atoms with Crippen LogP contribution in [-0.2, 0) is 0 Å². The molecule has 3 aromatic rings. The van der Waals surface area contributed by atoms with E-state index in [2.05, 4.69) is 34.5 Å². The van der Waals surface area contributed by atoms with Crippen molar-refractivity contribution < 1.29 is 0 Å². The second-order valence-electron chi connectivity index (χ2n) is 4.15. The zero-order valence-electron chi connectivity index (χ0n) is 10.1. The number of hydrogen-bond acceptors (Lipinski definition) is 2. The Hall–Kier alpha value is -2.42. The third-order valence-corrected chi connectivity index (χ3v) is 2.89. The lowest BCUT2D eigenvalue weighted by molar-refractivity contribution is 1.01. The average Bonchev–Trinajstić information content (AvgIpc) is 2.80. The van der Waals surface area contributed by atoms with Crippen molar-refractivity contribution in [2.75, 3.05) is 0 Å². The van der Waals surface area contributed by atoms with Gasteiger partial charge in [-0.05, 0) is 24.6 Å². The molecule has 0 aliphatic heterocycles. The summed E-state index contributed by atoms with van der Waals surface area (Å²) in [6, 6.07) is 14.3. The summed E-state index contributed by atoms with van der Waals surface area (Å²) >= 11 is 0. The van der Waals surface area contributed by atoms with Crippen molar-refractivity contribution in [1.29, 1.82) is 0 Å². The minimum atomic E-state index is 0.891. The normalized spacial score (nSPS) is 11.4. The molecule has 0 saturated heterocycles. The first-order chi connectivity index (χ1) is 8.84. The van der Waals surface area contributed by atoms with Crippen LogP contribution in [0, 0.1) is 6.92 Å². The van der Waals surface area contributed by atoms with E-state index in [-0.39, 0.29) is 0 Å². The Kier molecular flexibility index (Phi) is 2.65. The molecule has 0 fully saturated rings. The highest BCUT2D eigenvalue weighted by Gasteiger charge is 2.02. The van der Waals surface area contributed by atoms with Gasteiger partial charge in [-0.15, -0.1) is 10.2 Å². The van der Waals surface area contributed by atoms with E-state index < -0.39 is 0 Å². The van der Waals surface area contributed by atoms with Crippen LogP contribution in [0.25, 0.3) is 17.8 Å². The number of hydrogen-bond donors (Lipinski definition) is 0. The van der Waals surface area contributed by atoms with Gasteiger partial charge in [0.1, 0.15) is 5.82 Å². The van der Waals surface area contributed by atoms with E-state index in [0.717, 1.165) is 17.0 Å². The van der Waals surface area contributed by atoms with Crippen LogP contribution in [0.4, 0.5) is 0 Å². The van der Waals surface area contributed by atoms with E-state index >= 15 is 0 Å². The highest BCUT2D eigenvalue weighted by Crippen LogP contribution is 2.13. The number of rotatable bonds is 2. The molecule has 0 unspecified atom stereocenters. The van der Waals surface area contributed by atoms with E-state index in [9.17, 15) is 0 Å². The minimum absolute atomic E-state index is 0.891. The van der Waals surface area contributed by atoms with Gasteiger partial charge in [0, 0.05) is 11.8 Å².